The summed E-state index contributed by atoms with van der Waals surface area (Å²) < 4.78 is 19.7. The van der Waals surface area contributed by atoms with Crippen LogP contribution in [0.2, 0.25) is 0 Å². The molecular formula is C15H16BrFN2O. The van der Waals surface area contributed by atoms with Gasteiger partial charge in [-0.3, -0.25) is 4.98 Å². The zero-order valence-electron chi connectivity index (χ0n) is 11.2. The molecule has 0 radical (unpaired) electrons. The van der Waals surface area contributed by atoms with Gasteiger partial charge in [-0.2, -0.15) is 0 Å². The lowest BCUT2D eigenvalue weighted by Gasteiger charge is -2.08. The minimum atomic E-state index is -0.386. The number of pyridine rings is 1. The Labute approximate surface area is 126 Å². The first-order chi connectivity index (χ1) is 9.69. The summed E-state index contributed by atoms with van der Waals surface area (Å²) >= 11 is 3.21. The fourth-order valence-corrected chi connectivity index (χ4v) is 1.99. The maximum absolute atomic E-state index is 13.6. The minimum absolute atomic E-state index is 0.228. The van der Waals surface area contributed by atoms with Gasteiger partial charge in [0.25, 0.3) is 0 Å². The van der Waals surface area contributed by atoms with E-state index in [0.29, 0.717) is 4.47 Å². The number of nitrogens with zero attached hydrogens (tertiary/aromatic N) is 1. The van der Waals surface area contributed by atoms with Gasteiger partial charge < -0.3 is 10.1 Å². The molecular weight excluding hydrogens is 323 g/mol. The highest BCUT2D eigenvalue weighted by molar-refractivity contribution is 9.10. The minimum Gasteiger partial charge on any atom is -0.484 e. The van der Waals surface area contributed by atoms with E-state index in [9.17, 15) is 4.39 Å². The molecule has 1 aromatic carbocycles. The second kappa shape index (κ2) is 7.36. The van der Waals surface area contributed by atoms with Crippen LogP contribution in [0, 0.1) is 5.82 Å². The van der Waals surface area contributed by atoms with Gasteiger partial charge in [-0.25, -0.2) is 4.39 Å². The maximum atomic E-state index is 13.6. The van der Waals surface area contributed by atoms with Gasteiger partial charge in [0.1, 0.15) is 6.61 Å². The Bertz CT molecular complexity index is 560. The molecule has 0 atom stereocenters. The van der Waals surface area contributed by atoms with Crippen LogP contribution >= 0.6 is 15.9 Å². The van der Waals surface area contributed by atoms with E-state index in [4.69, 9.17) is 4.74 Å². The fourth-order valence-electron chi connectivity index (χ4n) is 1.66. The van der Waals surface area contributed by atoms with Crippen LogP contribution in [-0.2, 0) is 13.2 Å². The van der Waals surface area contributed by atoms with Gasteiger partial charge in [0, 0.05) is 17.2 Å². The molecule has 1 aromatic heterocycles. The summed E-state index contributed by atoms with van der Waals surface area (Å²) in [5, 5.41) is 3.23. The highest BCUT2D eigenvalue weighted by atomic mass is 79.9. The van der Waals surface area contributed by atoms with Gasteiger partial charge in [-0.1, -0.05) is 28.9 Å². The molecule has 0 spiro atoms. The van der Waals surface area contributed by atoms with Crippen LogP contribution < -0.4 is 10.1 Å². The Morgan fingerprint density at radius 2 is 2.15 bits per heavy atom. The normalized spacial score (nSPS) is 10.6. The van der Waals surface area contributed by atoms with Crippen LogP contribution in [0.25, 0.3) is 0 Å². The topological polar surface area (TPSA) is 34.1 Å². The molecule has 2 rings (SSSR count). The fraction of sp³-hybridized carbons (Fsp3) is 0.267. The number of halogens is 2. The number of hydrogen-bond acceptors (Lipinski definition) is 3. The Hall–Kier alpha value is -1.46. The van der Waals surface area contributed by atoms with Crippen molar-refractivity contribution >= 4 is 15.9 Å². The third-order valence-electron chi connectivity index (χ3n) is 2.73. The molecule has 3 nitrogen and oxygen atoms in total. The predicted molar refractivity (Wildman–Crippen MR) is 80.0 cm³/mol. The van der Waals surface area contributed by atoms with Gasteiger partial charge in [0.15, 0.2) is 11.6 Å². The van der Waals surface area contributed by atoms with Crippen molar-refractivity contribution in [3.63, 3.8) is 0 Å². The van der Waals surface area contributed by atoms with E-state index in [1.54, 1.807) is 18.3 Å². The summed E-state index contributed by atoms with van der Waals surface area (Å²) in [7, 11) is 0. The molecule has 5 heteroatoms. The van der Waals surface area contributed by atoms with Gasteiger partial charge in [0.2, 0.25) is 0 Å². The maximum Gasteiger partial charge on any atom is 0.166 e. The molecule has 0 fully saturated rings. The van der Waals surface area contributed by atoms with E-state index in [0.717, 1.165) is 24.3 Å². The SMILES string of the molecule is CCNCc1ccc(COc2ccc(Br)cc2F)nc1. The zero-order chi connectivity index (χ0) is 14.4. The monoisotopic (exact) mass is 338 g/mol. The van der Waals surface area contributed by atoms with Gasteiger partial charge in [0.05, 0.1) is 5.69 Å². The van der Waals surface area contributed by atoms with Gasteiger partial charge in [-0.15, -0.1) is 0 Å². The summed E-state index contributed by atoms with van der Waals surface area (Å²) in [4.78, 5) is 4.30. The number of hydrogen-bond donors (Lipinski definition) is 1. The largest absolute Gasteiger partial charge is 0.484 e. The molecule has 0 bridgehead atoms. The first kappa shape index (κ1) is 14.9. The summed E-state index contributed by atoms with van der Waals surface area (Å²) in [6.45, 7) is 4.03. The van der Waals surface area contributed by atoms with Crippen molar-refractivity contribution in [3.8, 4) is 5.75 Å². The zero-order valence-corrected chi connectivity index (χ0v) is 12.8. The second-order valence-electron chi connectivity index (χ2n) is 4.30. The van der Waals surface area contributed by atoms with Crippen molar-refractivity contribution < 1.29 is 9.13 Å². The third kappa shape index (κ3) is 4.28. The Kier molecular flexibility index (Phi) is 5.49. The van der Waals surface area contributed by atoms with Crippen LogP contribution in [0.3, 0.4) is 0 Å². The smallest absolute Gasteiger partial charge is 0.166 e. The van der Waals surface area contributed by atoms with Crippen molar-refractivity contribution in [2.75, 3.05) is 6.54 Å². The number of nitrogens with one attached hydrogen (secondary N) is 1. The number of aromatic nitrogens is 1. The quantitative estimate of drug-likeness (QED) is 0.872. The van der Waals surface area contributed by atoms with Gasteiger partial charge in [-0.05, 0) is 36.4 Å². The van der Waals surface area contributed by atoms with E-state index >= 15 is 0 Å². The first-order valence-corrected chi connectivity index (χ1v) is 7.20. The standard InChI is InChI=1S/C15H16BrFN2O/c1-2-18-8-11-3-5-13(19-9-11)10-20-15-6-4-12(16)7-14(15)17/h3-7,9,18H,2,8,10H2,1H3. The van der Waals surface area contributed by atoms with E-state index in [1.807, 2.05) is 12.1 Å². The van der Waals surface area contributed by atoms with Crippen LogP contribution in [0.1, 0.15) is 18.2 Å². The molecule has 2 aromatic rings. The Morgan fingerprint density at radius 1 is 1.30 bits per heavy atom. The summed E-state index contributed by atoms with van der Waals surface area (Å²) in [6, 6.07) is 8.60. The highest BCUT2D eigenvalue weighted by Crippen LogP contribution is 2.22. The summed E-state index contributed by atoms with van der Waals surface area (Å²) in [5.74, 6) is -0.158. The van der Waals surface area contributed by atoms with Crippen LogP contribution in [-0.4, -0.2) is 11.5 Å². The lowest BCUT2D eigenvalue weighted by atomic mass is 10.2. The van der Waals surface area contributed by atoms with Crippen molar-refractivity contribution in [3.05, 3.63) is 58.1 Å². The summed E-state index contributed by atoms with van der Waals surface area (Å²) in [6.07, 6.45) is 1.80. The molecule has 106 valence electrons. The van der Waals surface area contributed by atoms with Crippen molar-refractivity contribution in [2.24, 2.45) is 0 Å². The second-order valence-corrected chi connectivity index (χ2v) is 5.22. The van der Waals surface area contributed by atoms with E-state index in [-0.39, 0.29) is 18.2 Å². The van der Waals surface area contributed by atoms with Crippen LogP contribution in [0.15, 0.2) is 41.0 Å². The number of benzene rings is 1. The van der Waals surface area contributed by atoms with Crippen LogP contribution in [0.5, 0.6) is 5.75 Å². The molecule has 0 saturated heterocycles. The lowest BCUT2D eigenvalue weighted by molar-refractivity contribution is 0.286. The van der Waals surface area contributed by atoms with Crippen molar-refractivity contribution in [1.29, 1.82) is 0 Å². The Balaban J connectivity index is 1.93. The average Bonchev–Trinajstić information content (AvgIpc) is 2.45. The van der Waals surface area contributed by atoms with E-state index < -0.39 is 0 Å². The number of ether oxygens (including phenoxy) is 1. The Morgan fingerprint density at radius 3 is 2.80 bits per heavy atom. The molecule has 1 heterocycles. The molecule has 0 aliphatic rings. The van der Waals surface area contributed by atoms with Crippen molar-refractivity contribution in [1.82, 2.24) is 10.3 Å². The summed E-state index contributed by atoms with van der Waals surface area (Å²) in [5.41, 5.74) is 1.89. The van der Waals surface area contributed by atoms with E-state index in [1.165, 1.54) is 6.07 Å². The molecule has 0 aliphatic heterocycles. The average molecular weight is 339 g/mol. The number of rotatable bonds is 6. The highest BCUT2D eigenvalue weighted by Gasteiger charge is 2.04. The first-order valence-electron chi connectivity index (χ1n) is 6.41. The van der Waals surface area contributed by atoms with Crippen LogP contribution in [0.4, 0.5) is 4.39 Å². The molecule has 0 unspecified atom stereocenters. The molecule has 1 N–H and O–H groups in total. The molecule has 0 amide bonds. The third-order valence-corrected chi connectivity index (χ3v) is 3.23. The predicted octanol–water partition coefficient (Wildman–Crippen LogP) is 3.67. The van der Waals surface area contributed by atoms with Crippen molar-refractivity contribution in [2.45, 2.75) is 20.1 Å². The molecule has 0 aliphatic carbocycles. The van der Waals surface area contributed by atoms with E-state index in [2.05, 4.69) is 33.2 Å². The van der Waals surface area contributed by atoms with Gasteiger partial charge >= 0.3 is 0 Å². The lowest BCUT2D eigenvalue weighted by Crippen LogP contribution is -2.12. The molecule has 0 saturated carbocycles. The molecule has 20 heavy (non-hydrogen) atoms.